The molecule has 2 aliphatic rings. The zero-order valence-corrected chi connectivity index (χ0v) is 10.9. The molecule has 16 heavy (non-hydrogen) atoms. The third-order valence-electron chi connectivity index (χ3n) is 4.07. The Bertz CT molecular complexity index is 368. The van der Waals surface area contributed by atoms with E-state index in [1.807, 2.05) is 0 Å². The summed E-state index contributed by atoms with van der Waals surface area (Å²) in [6, 6.07) is 9.34. The average molecular weight is 281 g/mol. The van der Waals surface area contributed by atoms with Gasteiger partial charge in [0.15, 0.2) is 0 Å². The highest BCUT2D eigenvalue weighted by atomic mass is 79.9. The van der Waals surface area contributed by atoms with Gasteiger partial charge in [-0.05, 0) is 43.6 Å². The SMILES string of the molecule is Brc1ccc(C2NCC23CCNCC3)cc1. The first kappa shape index (κ1) is 10.8. The van der Waals surface area contributed by atoms with Crippen molar-refractivity contribution in [1.29, 1.82) is 0 Å². The number of hydrogen-bond donors (Lipinski definition) is 2. The lowest BCUT2D eigenvalue weighted by molar-refractivity contribution is 0.0436. The number of benzene rings is 1. The van der Waals surface area contributed by atoms with Crippen molar-refractivity contribution in [3.63, 3.8) is 0 Å². The van der Waals surface area contributed by atoms with Gasteiger partial charge >= 0.3 is 0 Å². The highest BCUT2D eigenvalue weighted by Gasteiger charge is 2.47. The molecular formula is C13H17BrN2. The summed E-state index contributed by atoms with van der Waals surface area (Å²) in [5, 5.41) is 7.05. The van der Waals surface area contributed by atoms with Crippen LogP contribution in [0.2, 0.25) is 0 Å². The molecule has 1 unspecified atom stereocenters. The number of piperidine rings is 1. The Morgan fingerprint density at radius 2 is 1.81 bits per heavy atom. The van der Waals surface area contributed by atoms with Gasteiger partial charge in [0.2, 0.25) is 0 Å². The summed E-state index contributed by atoms with van der Waals surface area (Å²) in [5.74, 6) is 0. The summed E-state index contributed by atoms with van der Waals surface area (Å²) in [4.78, 5) is 0. The molecular weight excluding hydrogens is 264 g/mol. The molecule has 0 bridgehead atoms. The minimum atomic E-state index is 0.527. The van der Waals surface area contributed by atoms with E-state index in [9.17, 15) is 0 Å². The number of halogens is 1. The zero-order chi connectivity index (χ0) is 11.0. The molecule has 1 atom stereocenters. The van der Waals surface area contributed by atoms with Gasteiger partial charge in [-0.2, -0.15) is 0 Å². The Hall–Kier alpha value is -0.380. The maximum Gasteiger partial charge on any atom is 0.0390 e. The largest absolute Gasteiger partial charge is 0.317 e. The van der Waals surface area contributed by atoms with Crippen molar-refractivity contribution in [3.05, 3.63) is 34.3 Å². The minimum Gasteiger partial charge on any atom is -0.317 e. The summed E-state index contributed by atoms with van der Waals surface area (Å²) in [7, 11) is 0. The monoisotopic (exact) mass is 280 g/mol. The lowest BCUT2D eigenvalue weighted by Crippen LogP contribution is -2.59. The highest BCUT2D eigenvalue weighted by molar-refractivity contribution is 9.10. The molecule has 2 aliphatic heterocycles. The Morgan fingerprint density at radius 1 is 1.12 bits per heavy atom. The van der Waals surface area contributed by atoms with Crippen molar-refractivity contribution in [2.24, 2.45) is 5.41 Å². The van der Waals surface area contributed by atoms with Crippen LogP contribution in [0, 0.1) is 5.41 Å². The van der Waals surface area contributed by atoms with Crippen LogP contribution in [0.1, 0.15) is 24.4 Å². The van der Waals surface area contributed by atoms with Crippen molar-refractivity contribution >= 4 is 15.9 Å². The molecule has 0 aromatic heterocycles. The van der Waals surface area contributed by atoms with E-state index in [1.54, 1.807) is 0 Å². The summed E-state index contributed by atoms with van der Waals surface area (Å²) in [6.45, 7) is 3.54. The molecule has 2 heterocycles. The van der Waals surface area contributed by atoms with Crippen LogP contribution >= 0.6 is 15.9 Å². The fourth-order valence-electron chi connectivity index (χ4n) is 3.01. The molecule has 0 radical (unpaired) electrons. The van der Waals surface area contributed by atoms with Gasteiger partial charge in [0.1, 0.15) is 0 Å². The van der Waals surface area contributed by atoms with Crippen molar-refractivity contribution < 1.29 is 0 Å². The van der Waals surface area contributed by atoms with Gasteiger partial charge in [0.25, 0.3) is 0 Å². The van der Waals surface area contributed by atoms with Crippen LogP contribution in [0.3, 0.4) is 0 Å². The molecule has 86 valence electrons. The van der Waals surface area contributed by atoms with Crippen LogP contribution in [0.15, 0.2) is 28.7 Å². The van der Waals surface area contributed by atoms with Crippen LogP contribution in [-0.4, -0.2) is 19.6 Å². The van der Waals surface area contributed by atoms with Gasteiger partial charge < -0.3 is 10.6 Å². The molecule has 3 rings (SSSR count). The van der Waals surface area contributed by atoms with Crippen LogP contribution < -0.4 is 10.6 Å². The zero-order valence-electron chi connectivity index (χ0n) is 9.30. The fraction of sp³-hybridized carbons (Fsp3) is 0.538. The Labute approximate surface area is 105 Å². The molecule has 1 aromatic rings. The minimum absolute atomic E-state index is 0.527. The van der Waals surface area contributed by atoms with Gasteiger partial charge in [0, 0.05) is 22.5 Å². The quantitative estimate of drug-likeness (QED) is 0.826. The summed E-state index contributed by atoms with van der Waals surface area (Å²) < 4.78 is 1.16. The number of hydrogen-bond acceptors (Lipinski definition) is 2. The van der Waals surface area contributed by atoms with E-state index < -0.39 is 0 Å². The van der Waals surface area contributed by atoms with Gasteiger partial charge in [0.05, 0.1) is 0 Å². The molecule has 2 fully saturated rings. The Morgan fingerprint density at radius 3 is 2.38 bits per heavy atom. The van der Waals surface area contributed by atoms with Crippen molar-refractivity contribution in [2.45, 2.75) is 18.9 Å². The van der Waals surface area contributed by atoms with E-state index in [1.165, 1.54) is 38.0 Å². The van der Waals surface area contributed by atoms with Crippen molar-refractivity contribution in [2.75, 3.05) is 19.6 Å². The lowest BCUT2D eigenvalue weighted by atomic mass is 9.65. The fourth-order valence-corrected chi connectivity index (χ4v) is 3.27. The predicted molar refractivity (Wildman–Crippen MR) is 69.4 cm³/mol. The number of rotatable bonds is 1. The smallest absolute Gasteiger partial charge is 0.0390 e. The van der Waals surface area contributed by atoms with Crippen molar-refractivity contribution in [3.8, 4) is 0 Å². The first-order chi connectivity index (χ1) is 7.80. The maximum absolute atomic E-state index is 3.60. The summed E-state index contributed by atoms with van der Waals surface area (Å²) in [5.41, 5.74) is 1.97. The van der Waals surface area contributed by atoms with Crippen molar-refractivity contribution in [1.82, 2.24) is 10.6 Å². The van der Waals surface area contributed by atoms with Gasteiger partial charge in [-0.1, -0.05) is 28.1 Å². The summed E-state index contributed by atoms with van der Waals surface area (Å²) in [6.07, 6.45) is 2.61. The molecule has 2 saturated heterocycles. The molecule has 2 N–H and O–H groups in total. The normalized spacial score (nSPS) is 27.7. The predicted octanol–water partition coefficient (Wildman–Crippen LogP) is 2.46. The Kier molecular flexibility index (Phi) is 2.78. The second-order valence-corrected chi connectivity index (χ2v) is 5.89. The summed E-state index contributed by atoms with van der Waals surface area (Å²) >= 11 is 3.49. The van der Waals surface area contributed by atoms with E-state index in [0.717, 1.165) is 4.47 Å². The third-order valence-corrected chi connectivity index (χ3v) is 4.60. The van der Waals surface area contributed by atoms with Crippen LogP contribution in [0.5, 0.6) is 0 Å². The van der Waals surface area contributed by atoms with E-state index in [-0.39, 0.29) is 0 Å². The number of nitrogens with one attached hydrogen (secondary N) is 2. The van der Waals surface area contributed by atoms with Crippen LogP contribution in [-0.2, 0) is 0 Å². The standard InChI is InChI=1S/C13H17BrN2/c14-11-3-1-10(2-4-11)12-13(9-16-12)5-7-15-8-6-13/h1-4,12,15-16H,5-9H2. The molecule has 0 saturated carbocycles. The van der Waals surface area contributed by atoms with E-state index >= 15 is 0 Å². The van der Waals surface area contributed by atoms with Crippen LogP contribution in [0.4, 0.5) is 0 Å². The van der Waals surface area contributed by atoms with E-state index in [2.05, 4.69) is 50.8 Å². The highest BCUT2D eigenvalue weighted by Crippen LogP contribution is 2.47. The topological polar surface area (TPSA) is 24.1 Å². The maximum atomic E-state index is 3.60. The van der Waals surface area contributed by atoms with E-state index in [0.29, 0.717) is 11.5 Å². The lowest BCUT2D eigenvalue weighted by Gasteiger charge is -2.53. The third kappa shape index (κ3) is 1.71. The molecule has 0 amide bonds. The van der Waals surface area contributed by atoms with Gasteiger partial charge in [-0.3, -0.25) is 0 Å². The van der Waals surface area contributed by atoms with Gasteiger partial charge in [-0.25, -0.2) is 0 Å². The average Bonchev–Trinajstić information content (AvgIpc) is 2.32. The van der Waals surface area contributed by atoms with Gasteiger partial charge in [-0.15, -0.1) is 0 Å². The second kappa shape index (κ2) is 4.13. The van der Waals surface area contributed by atoms with E-state index in [4.69, 9.17) is 0 Å². The molecule has 0 aliphatic carbocycles. The molecule has 2 nitrogen and oxygen atoms in total. The Balaban J connectivity index is 1.82. The first-order valence-corrected chi connectivity index (χ1v) is 6.79. The first-order valence-electron chi connectivity index (χ1n) is 6.00. The molecule has 3 heteroatoms. The van der Waals surface area contributed by atoms with Crippen LogP contribution in [0.25, 0.3) is 0 Å². The molecule has 1 spiro atoms. The second-order valence-electron chi connectivity index (χ2n) is 4.98. The molecule has 1 aromatic carbocycles.